The summed E-state index contributed by atoms with van der Waals surface area (Å²) in [6, 6.07) is 3.37. The first-order valence-corrected chi connectivity index (χ1v) is 8.78. The van der Waals surface area contributed by atoms with Crippen molar-refractivity contribution in [2.75, 3.05) is 6.54 Å². The fraction of sp³-hybridized carbons (Fsp3) is 1.00. The summed E-state index contributed by atoms with van der Waals surface area (Å²) in [7, 11) is 0. The summed E-state index contributed by atoms with van der Waals surface area (Å²) in [6.07, 6.45) is 12.9. The molecular formula is C17H32N2. The minimum Gasteiger partial charge on any atom is -0.310 e. The van der Waals surface area contributed by atoms with Crippen LogP contribution in [0.3, 0.4) is 0 Å². The lowest BCUT2D eigenvalue weighted by Gasteiger charge is -2.31. The standard InChI is InChI=1S/C17H32N2/c1-3-4-14-5-7-15(8-6-14)18-16-11-13(2)19(12-16)17-9-10-17/h13-18H,3-12H2,1-2H3. The Kier molecular flexibility index (Phi) is 4.48. The van der Waals surface area contributed by atoms with Gasteiger partial charge in [0.05, 0.1) is 0 Å². The van der Waals surface area contributed by atoms with Crippen LogP contribution in [-0.4, -0.2) is 35.6 Å². The lowest BCUT2D eigenvalue weighted by atomic mass is 9.83. The Labute approximate surface area is 119 Å². The molecule has 2 atom stereocenters. The summed E-state index contributed by atoms with van der Waals surface area (Å²) in [5.74, 6) is 1.04. The molecule has 0 aromatic rings. The van der Waals surface area contributed by atoms with Crippen molar-refractivity contribution in [2.45, 2.75) is 95.8 Å². The van der Waals surface area contributed by atoms with Crippen molar-refractivity contribution in [1.82, 2.24) is 10.2 Å². The summed E-state index contributed by atoms with van der Waals surface area (Å²) in [6.45, 7) is 6.08. The van der Waals surface area contributed by atoms with Gasteiger partial charge >= 0.3 is 0 Å². The summed E-state index contributed by atoms with van der Waals surface area (Å²) in [5, 5.41) is 3.98. The fourth-order valence-corrected chi connectivity index (χ4v) is 4.45. The van der Waals surface area contributed by atoms with E-state index in [1.54, 1.807) is 0 Å². The first kappa shape index (κ1) is 13.9. The predicted molar refractivity (Wildman–Crippen MR) is 81.4 cm³/mol. The van der Waals surface area contributed by atoms with Gasteiger partial charge in [-0.3, -0.25) is 4.90 Å². The number of hydrogen-bond acceptors (Lipinski definition) is 2. The van der Waals surface area contributed by atoms with Crippen LogP contribution in [0.4, 0.5) is 0 Å². The Bertz CT molecular complexity index is 279. The third-order valence-corrected chi connectivity index (χ3v) is 5.65. The SMILES string of the molecule is CCCC1CCC(NC2CC(C)N(C3CC3)C2)CC1. The average molecular weight is 264 g/mol. The van der Waals surface area contributed by atoms with Crippen molar-refractivity contribution in [3.8, 4) is 0 Å². The van der Waals surface area contributed by atoms with Crippen LogP contribution in [-0.2, 0) is 0 Å². The van der Waals surface area contributed by atoms with E-state index in [0.29, 0.717) is 0 Å². The monoisotopic (exact) mass is 264 g/mol. The molecular weight excluding hydrogens is 232 g/mol. The van der Waals surface area contributed by atoms with Crippen LogP contribution < -0.4 is 5.32 Å². The van der Waals surface area contributed by atoms with Gasteiger partial charge in [0, 0.05) is 30.7 Å². The Balaban J connectivity index is 1.40. The number of nitrogens with zero attached hydrogens (tertiary/aromatic N) is 1. The first-order chi connectivity index (χ1) is 9.26. The maximum absolute atomic E-state index is 3.98. The van der Waals surface area contributed by atoms with Gasteiger partial charge < -0.3 is 5.32 Å². The van der Waals surface area contributed by atoms with E-state index < -0.39 is 0 Å². The van der Waals surface area contributed by atoms with Gasteiger partial charge in [-0.25, -0.2) is 0 Å². The second-order valence-corrected chi connectivity index (χ2v) is 7.38. The third-order valence-electron chi connectivity index (χ3n) is 5.65. The molecule has 0 aromatic carbocycles. The van der Waals surface area contributed by atoms with Gasteiger partial charge in [0.25, 0.3) is 0 Å². The Morgan fingerprint density at radius 1 is 1.00 bits per heavy atom. The summed E-state index contributed by atoms with van der Waals surface area (Å²) in [5.41, 5.74) is 0. The molecule has 0 aromatic heterocycles. The van der Waals surface area contributed by atoms with Gasteiger partial charge in [-0.1, -0.05) is 19.8 Å². The highest BCUT2D eigenvalue weighted by Crippen LogP contribution is 2.34. The highest BCUT2D eigenvalue weighted by molar-refractivity contribution is 4.97. The van der Waals surface area contributed by atoms with Crippen LogP contribution in [0.15, 0.2) is 0 Å². The van der Waals surface area contributed by atoms with Crippen LogP contribution in [0.1, 0.15) is 71.6 Å². The molecule has 0 amide bonds. The van der Waals surface area contributed by atoms with Crippen molar-refractivity contribution in [3.05, 3.63) is 0 Å². The van der Waals surface area contributed by atoms with Crippen LogP contribution in [0.5, 0.6) is 0 Å². The molecule has 1 saturated heterocycles. The lowest BCUT2D eigenvalue weighted by molar-refractivity contribution is 0.243. The average Bonchev–Trinajstić information content (AvgIpc) is 3.17. The molecule has 0 spiro atoms. The number of likely N-dealkylation sites (tertiary alicyclic amines) is 1. The van der Waals surface area contributed by atoms with Crippen LogP contribution in [0.2, 0.25) is 0 Å². The van der Waals surface area contributed by atoms with E-state index in [1.165, 1.54) is 64.3 Å². The zero-order valence-electron chi connectivity index (χ0n) is 12.9. The van der Waals surface area contributed by atoms with Gasteiger partial charge in [0.2, 0.25) is 0 Å². The molecule has 2 aliphatic carbocycles. The molecule has 1 heterocycles. The molecule has 2 unspecified atom stereocenters. The predicted octanol–water partition coefficient (Wildman–Crippen LogP) is 3.56. The van der Waals surface area contributed by atoms with Crippen LogP contribution >= 0.6 is 0 Å². The maximum atomic E-state index is 3.98. The van der Waals surface area contributed by atoms with Crippen molar-refractivity contribution < 1.29 is 0 Å². The second kappa shape index (κ2) is 6.13. The van der Waals surface area contributed by atoms with Crippen LogP contribution in [0.25, 0.3) is 0 Å². The summed E-state index contributed by atoms with van der Waals surface area (Å²) in [4.78, 5) is 2.76. The highest BCUT2D eigenvalue weighted by atomic mass is 15.3. The van der Waals surface area contributed by atoms with Gasteiger partial charge in [-0.05, 0) is 57.8 Å². The van der Waals surface area contributed by atoms with Crippen molar-refractivity contribution in [1.29, 1.82) is 0 Å². The van der Waals surface area contributed by atoms with Crippen LogP contribution in [0, 0.1) is 5.92 Å². The Morgan fingerprint density at radius 3 is 2.37 bits per heavy atom. The number of hydrogen-bond donors (Lipinski definition) is 1. The number of nitrogens with one attached hydrogen (secondary N) is 1. The molecule has 3 rings (SSSR count). The van der Waals surface area contributed by atoms with Gasteiger partial charge in [-0.15, -0.1) is 0 Å². The van der Waals surface area contributed by atoms with Crippen molar-refractivity contribution >= 4 is 0 Å². The molecule has 2 saturated carbocycles. The van der Waals surface area contributed by atoms with E-state index in [-0.39, 0.29) is 0 Å². The molecule has 1 aliphatic heterocycles. The minimum atomic E-state index is 0.781. The lowest BCUT2D eigenvalue weighted by Crippen LogP contribution is -2.42. The summed E-state index contributed by atoms with van der Waals surface area (Å²) < 4.78 is 0. The second-order valence-electron chi connectivity index (χ2n) is 7.38. The summed E-state index contributed by atoms with van der Waals surface area (Å²) >= 11 is 0. The maximum Gasteiger partial charge on any atom is 0.0212 e. The molecule has 0 bridgehead atoms. The smallest absolute Gasteiger partial charge is 0.0212 e. The molecule has 2 nitrogen and oxygen atoms in total. The van der Waals surface area contributed by atoms with Gasteiger partial charge in [0.1, 0.15) is 0 Å². The van der Waals surface area contributed by atoms with E-state index in [1.807, 2.05) is 0 Å². The van der Waals surface area contributed by atoms with Crippen molar-refractivity contribution in [3.63, 3.8) is 0 Å². The van der Waals surface area contributed by atoms with E-state index in [9.17, 15) is 0 Å². The molecule has 0 radical (unpaired) electrons. The highest BCUT2D eigenvalue weighted by Gasteiger charge is 2.39. The fourth-order valence-electron chi connectivity index (χ4n) is 4.45. The zero-order valence-corrected chi connectivity index (χ0v) is 12.9. The molecule has 19 heavy (non-hydrogen) atoms. The van der Waals surface area contributed by atoms with Gasteiger partial charge in [0.15, 0.2) is 0 Å². The quantitative estimate of drug-likeness (QED) is 0.817. The molecule has 1 N–H and O–H groups in total. The Morgan fingerprint density at radius 2 is 1.74 bits per heavy atom. The minimum absolute atomic E-state index is 0.781. The topological polar surface area (TPSA) is 15.3 Å². The third kappa shape index (κ3) is 3.52. The Hall–Kier alpha value is -0.0800. The van der Waals surface area contributed by atoms with Gasteiger partial charge in [-0.2, -0.15) is 0 Å². The normalized spacial score (nSPS) is 40.7. The van der Waals surface area contributed by atoms with Crippen molar-refractivity contribution in [2.24, 2.45) is 5.92 Å². The van der Waals surface area contributed by atoms with E-state index >= 15 is 0 Å². The van der Waals surface area contributed by atoms with E-state index in [0.717, 1.165) is 30.1 Å². The molecule has 3 aliphatic rings. The molecule has 3 fully saturated rings. The van der Waals surface area contributed by atoms with E-state index in [4.69, 9.17) is 0 Å². The zero-order chi connectivity index (χ0) is 13.2. The molecule has 2 heteroatoms. The van der Waals surface area contributed by atoms with E-state index in [2.05, 4.69) is 24.1 Å². The largest absolute Gasteiger partial charge is 0.310 e. The molecule has 110 valence electrons. The number of rotatable bonds is 5. The first-order valence-electron chi connectivity index (χ1n) is 8.78.